The van der Waals surface area contributed by atoms with E-state index < -0.39 is 5.97 Å². The highest BCUT2D eigenvalue weighted by molar-refractivity contribution is 7.98. The Hall–Kier alpha value is -1.94. The number of aromatic hydroxyl groups is 1. The molecule has 0 fully saturated rings. The van der Waals surface area contributed by atoms with E-state index >= 15 is 0 Å². The maximum Gasteiger partial charge on any atom is 0.335 e. The number of phenols is 1. The number of hydrogen-bond donors (Lipinski definition) is 2. The maximum absolute atomic E-state index is 10.8. The summed E-state index contributed by atoms with van der Waals surface area (Å²) in [6.07, 6.45) is 1.98. The standard InChI is InChI=1S/C14H12O3S/c1-18-11-4-2-3-9(7-11)12-6-5-10(14(16)17)8-13(12)15/h2-8,15H,1H3,(H,16,17). The zero-order valence-electron chi connectivity index (χ0n) is 9.75. The van der Waals surface area contributed by atoms with Crippen molar-refractivity contribution in [1.82, 2.24) is 0 Å². The van der Waals surface area contributed by atoms with Crippen molar-refractivity contribution < 1.29 is 15.0 Å². The van der Waals surface area contributed by atoms with E-state index in [0.717, 1.165) is 10.5 Å². The molecule has 0 bridgehead atoms. The minimum atomic E-state index is -1.05. The molecule has 3 nitrogen and oxygen atoms in total. The van der Waals surface area contributed by atoms with Gasteiger partial charge in [0, 0.05) is 10.5 Å². The minimum absolute atomic E-state index is 0.0202. The number of rotatable bonds is 3. The highest BCUT2D eigenvalue weighted by atomic mass is 32.2. The molecule has 0 saturated heterocycles. The van der Waals surface area contributed by atoms with E-state index in [4.69, 9.17) is 5.11 Å². The van der Waals surface area contributed by atoms with Gasteiger partial charge in [-0.25, -0.2) is 4.79 Å². The van der Waals surface area contributed by atoms with Crippen LogP contribution in [0.25, 0.3) is 11.1 Å². The smallest absolute Gasteiger partial charge is 0.335 e. The van der Waals surface area contributed by atoms with Crippen LogP contribution in [0.2, 0.25) is 0 Å². The lowest BCUT2D eigenvalue weighted by atomic mass is 10.0. The Labute approximate surface area is 109 Å². The largest absolute Gasteiger partial charge is 0.507 e. The molecule has 0 atom stereocenters. The fraction of sp³-hybridized carbons (Fsp3) is 0.0714. The fourth-order valence-electron chi connectivity index (χ4n) is 1.70. The topological polar surface area (TPSA) is 57.5 Å². The van der Waals surface area contributed by atoms with E-state index in [2.05, 4.69) is 0 Å². The van der Waals surface area contributed by atoms with Crippen molar-refractivity contribution in [2.24, 2.45) is 0 Å². The number of thioether (sulfide) groups is 1. The fourth-order valence-corrected chi connectivity index (χ4v) is 2.16. The number of carboxylic acids is 1. The molecule has 0 saturated carbocycles. The lowest BCUT2D eigenvalue weighted by molar-refractivity contribution is 0.0696. The van der Waals surface area contributed by atoms with Crippen LogP contribution in [0.15, 0.2) is 47.4 Å². The van der Waals surface area contributed by atoms with E-state index in [9.17, 15) is 9.90 Å². The predicted molar refractivity (Wildman–Crippen MR) is 72.3 cm³/mol. The SMILES string of the molecule is CSc1cccc(-c2ccc(C(=O)O)cc2O)c1. The summed E-state index contributed by atoms with van der Waals surface area (Å²) in [4.78, 5) is 11.9. The van der Waals surface area contributed by atoms with Gasteiger partial charge in [0.05, 0.1) is 5.56 Å². The van der Waals surface area contributed by atoms with Gasteiger partial charge in [-0.2, -0.15) is 0 Å². The molecule has 0 heterocycles. The first-order valence-electron chi connectivity index (χ1n) is 5.32. The molecule has 2 N–H and O–H groups in total. The number of phenolic OH excluding ortho intramolecular Hbond substituents is 1. The monoisotopic (exact) mass is 260 g/mol. The molecule has 92 valence electrons. The van der Waals surface area contributed by atoms with Gasteiger partial charge in [-0.3, -0.25) is 0 Å². The number of carbonyl (C=O) groups is 1. The first-order valence-corrected chi connectivity index (χ1v) is 6.55. The first kappa shape index (κ1) is 12.5. The molecule has 0 aromatic heterocycles. The van der Waals surface area contributed by atoms with Gasteiger partial charge >= 0.3 is 5.97 Å². The van der Waals surface area contributed by atoms with Crippen molar-refractivity contribution in [1.29, 1.82) is 0 Å². The summed E-state index contributed by atoms with van der Waals surface area (Å²) < 4.78 is 0. The summed E-state index contributed by atoms with van der Waals surface area (Å²) in [5.41, 5.74) is 1.59. The molecule has 0 amide bonds. The van der Waals surface area contributed by atoms with Crippen molar-refractivity contribution in [3.05, 3.63) is 48.0 Å². The van der Waals surface area contributed by atoms with Gasteiger partial charge in [0.1, 0.15) is 5.75 Å². The molecule has 4 heteroatoms. The molecule has 0 aliphatic rings. The van der Waals surface area contributed by atoms with E-state index in [1.165, 1.54) is 12.1 Å². The van der Waals surface area contributed by atoms with Gasteiger partial charge in [-0.15, -0.1) is 11.8 Å². The third-order valence-electron chi connectivity index (χ3n) is 2.63. The Morgan fingerprint density at radius 1 is 1.17 bits per heavy atom. The highest BCUT2D eigenvalue weighted by Crippen LogP contribution is 2.31. The molecule has 18 heavy (non-hydrogen) atoms. The van der Waals surface area contributed by atoms with Crippen molar-refractivity contribution >= 4 is 17.7 Å². The van der Waals surface area contributed by atoms with E-state index in [0.29, 0.717) is 5.56 Å². The molecular formula is C14H12O3S. The lowest BCUT2D eigenvalue weighted by Crippen LogP contribution is -1.95. The first-order chi connectivity index (χ1) is 8.61. The van der Waals surface area contributed by atoms with Crippen LogP contribution >= 0.6 is 11.8 Å². The van der Waals surface area contributed by atoms with Crippen molar-refractivity contribution in [3.63, 3.8) is 0 Å². The molecule has 0 aliphatic heterocycles. The normalized spacial score (nSPS) is 10.3. The van der Waals surface area contributed by atoms with Crippen LogP contribution in [-0.2, 0) is 0 Å². The molecule has 2 aromatic rings. The summed E-state index contributed by atoms with van der Waals surface area (Å²) >= 11 is 1.62. The molecule has 0 aliphatic carbocycles. The Bertz CT molecular complexity index is 593. The Morgan fingerprint density at radius 3 is 2.56 bits per heavy atom. The third-order valence-corrected chi connectivity index (χ3v) is 3.35. The second kappa shape index (κ2) is 5.14. The van der Waals surface area contributed by atoms with E-state index in [-0.39, 0.29) is 11.3 Å². The molecule has 2 aromatic carbocycles. The van der Waals surface area contributed by atoms with Crippen LogP contribution in [0.1, 0.15) is 10.4 Å². The quantitative estimate of drug-likeness (QED) is 0.829. The summed E-state index contributed by atoms with van der Waals surface area (Å²) in [6, 6.07) is 12.1. The van der Waals surface area contributed by atoms with Crippen LogP contribution in [-0.4, -0.2) is 22.4 Å². The number of benzene rings is 2. The Kier molecular flexibility index (Phi) is 3.58. The molecule has 0 unspecified atom stereocenters. The van der Waals surface area contributed by atoms with Crippen molar-refractivity contribution in [2.75, 3.05) is 6.26 Å². The third kappa shape index (κ3) is 2.49. The molecule has 0 radical (unpaired) electrons. The molecular weight excluding hydrogens is 248 g/mol. The summed E-state index contributed by atoms with van der Waals surface area (Å²) in [7, 11) is 0. The van der Waals surface area contributed by atoms with E-state index in [1.807, 2.05) is 30.5 Å². The second-order valence-corrected chi connectivity index (χ2v) is 4.65. The van der Waals surface area contributed by atoms with Gasteiger partial charge in [-0.1, -0.05) is 12.1 Å². The number of aromatic carboxylic acids is 1. The number of hydrogen-bond acceptors (Lipinski definition) is 3. The second-order valence-electron chi connectivity index (χ2n) is 3.77. The van der Waals surface area contributed by atoms with Crippen molar-refractivity contribution in [2.45, 2.75) is 4.90 Å². The van der Waals surface area contributed by atoms with Gasteiger partial charge in [-0.05, 0) is 42.2 Å². The number of carboxylic acid groups (broad SMARTS) is 1. The lowest BCUT2D eigenvalue weighted by Gasteiger charge is -2.07. The van der Waals surface area contributed by atoms with Gasteiger partial charge in [0.15, 0.2) is 0 Å². The van der Waals surface area contributed by atoms with Crippen LogP contribution in [0.4, 0.5) is 0 Å². The highest BCUT2D eigenvalue weighted by Gasteiger charge is 2.09. The van der Waals surface area contributed by atoms with Gasteiger partial charge in [0.25, 0.3) is 0 Å². The van der Waals surface area contributed by atoms with Crippen LogP contribution in [0.3, 0.4) is 0 Å². The van der Waals surface area contributed by atoms with Crippen LogP contribution < -0.4 is 0 Å². The average molecular weight is 260 g/mol. The molecule has 2 rings (SSSR count). The predicted octanol–water partition coefficient (Wildman–Crippen LogP) is 3.48. The summed E-state index contributed by atoms with van der Waals surface area (Å²) in [5, 5.41) is 18.7. The molecule has 0 spiro atoms. The van der Waals surface area contributed by atoms with Crippen LogP contribution in [0.5, 0.6) is 5.75 Å². The maximum atomic E-state index is 10.8. The summed E-state index contributed by atoms with van der Waals surface area (Å²) in [5.74, 6) is -1.07. The van der Waals surface area contributed by atoms with E-state index in [1.54, 1.807) is 17.8 Å². The summed E-state index contributed by atoms with van der Waals surface area (Å²) in [6.45, 7) is 0. The Balaban J connectivity index is 2.47. The van der Waals surface area contributed by atoms with Crippen LogP contribution in [0, 0.1) is 0 Å². The average Bonchev–Trinajstić information content (AvgIpc) is 2.38. The zero-order chi connectivity index (χ0) is 13.1. The zero-order valence-corrected chi connectivity index (χ0v) is 10.6. The van der Waals surface area contributed by atoms with Crippen molar-refractivity contribution in [3.8, 4) is 16.9 Å². The van der Waals surface area contributed by atoms with Gasteiger partial charge < -0.3 is 10.2 Å². The Morgan fingerprint density at radius 2 is 1.94 bits per heavy atom. The minimum Gasteiger partial charge on any atom is -0.507 e. The van der Waals surface area contributed by atoms with Gasteiger partial charge in [0.2, 0.25) is 0 Å².